The van der Waals surface area contributed by atoms with Gasteiger partial charge in [0.2, 0.25) is 5.91 Å². The van der Waals surface area contributed by atoms with Crippen molar-refractivity contribution in [3.8, 4) is 0 Å². The minimum absolute atomic E-state index is 0.0132. The highest BCUT2D eigenvalue weighted by atomic mass is 35.5. The number of imide groups is 1. The minimum Gasteiger partial charge on any atom is -0.748 e. The second-order valence-electron chi connectivity index (χ2n) is 15.5. The highest BCUT2D eigenvalue weighted by molar-refractivity contribution is 7.86. The topological polar surface area (TPSA) is 252 Å². The molecular formula is C39H46ClN5O12S3. The standard InChI is InChI=1S/C39H46ClN5O12S3/c1-38(2)30-23-27(40)25-43(18-5-21-58(49,50)51)37(30)42-32(38)12-7-26(9-14-34(46)41-17-20-45-35(47)15-16-36(45)48)8-13-33-39(3,4)29-24-28(60(55,56)57)10-11-31(29)44(33)19-6-22-59(52,53)54/h7-8,10-13,15-16,23-25H,5-6,9,14,17-22H2,1-4H3,(H3-,41,46,49,50,51,52,53,54,55,56,57). The average Bonchev–Trinajstić information content (AvgIpc) is 3.66. The summed E-state index contributed by atoms with van der Waals surface area (Å²) in [6, 6.07) is 5.86. The van der Waals surface area contributed by atoms with E-state index in [9.17, 15) is 53.3 Å². The molecule has 0 spiro atoms. The van der Waals surface area contributed by atoms with Crippen LogP contribution in [0.3, 0.4) is 0 Å². The van der Waals surface area contributed by atoms with Crippen LogP contribution in [0, 0.1) is 0 Å². The number of anilines is 1. The largest absolute Gasteiger partial charge is 0.748 e. The van der Waals surface area contributed by atoms with Crippen LogP contribution in [0.15, 0.2) is 88.1 Å². The van der Waals surface area contributed by atoms with E-state index >= 15 is 0 Å². The van der Waals surface area contributed by atoms with Crippen LogP contribution in [0.25, 0.3) is 0 Å². The fraction of sp³-hybridized carbons (Fsp3) is 0.410. The summed E-state index contributed by atoms with van der Waals surface area (Å²) in [6.07, 6.45) is 11.2. The predicted octanol–water partition coefficient (Wildman–Crippen LogP) is 3.44. The molecule has 2 aromatic rings. The van der Waals surface area contributed by atoms with Crippen LogP contribution in [0.2, 0.25) is 5.02 Å². The molecule has 0 radical (unpaired) electrons. The highest BCUT2D eigenvalue weighted by Crippen LogP contribution is 2.48. The number of pyridine rings is 1. The van der Waals surface area contributed by atoms with Crippen LogP contribution in [-0.4, -0.2) is 98.4 Å². The molecule has 0 bridgehead atoms. The lowest BCUT2D eigenvalue weighted by molar-refractivity contribution is -0.684. The predicted molar refractivity (Wildman–Crippen MR) is 222 cm³/mol. The molecule has 0 fully saturated rings. The van der Waals surface area contributed by atoms with Crippen LogP contribution in [0.4, 0.5) is 11.5 Å². The first-order valence-corrected chi connectivity index (χ1v) is 23.8. The Balaban J connectivity index is 1.50. The first-order chi connectivity index (χ1) is 27.8. The molecule has 1 aromatic heterocycles. The zero-order valence-electron chi connectivity index (χ0n) is 33.3. The molecule has 4 heterocycles. The van der Waals surface area contributed by atoms with Gasteiger partial charge in [0.25, 0.3) is 32.1 Å². The Bertz CT molecular complexity index is 2580. The van der Waals surface area contributed by atoms with E-state index in [0.29, 0.717) is 39.1 Å². The van der Waals surface area contributed by atoms with Gasteiger partial charge in [-0.2, -0.15) is 16.8 Å². The van der Waals surface area contributed by atoms with Gasteiger partial charge in [0.05, 0.1) is 43.3 Å². The normalized spacial score (nSPS) is 18.2. The van der Waals surface area contributed by atoms with Crippen molar-refractivity contribution in [3.05, 3.63) is 94.3 Å². The van der Waals surface area contributed by atoms with Gasteiger partial charge >= 0.3 is 5.82 Å². The van der Waals surface area contributed by atoms with E-state index in [2.05, 4.69) is 5.32 Å². The Hall–Kier alpha value is -4.57. The number of nitrogens with zero attached hydrogens (tertiary/aromatic N) is 4. The van der Waals surface area contributed by atoms with Gasteiger partial charge in [-0.1, -0.05) is 37.6 Å². The third-order valence-electron chi connectivity index (χ3n) is 10.5. The first kappa shape index (κ1) is 46.5. The molecule has 324 valence electrons. The number of rotatable bonds is 18. The lowest BCUT2D eigenvalue weighted by atomic mass is 9.82. The second kappa shape index (κ2) is 17.8. The number of fused-ring (bicyclic) bond motifs is 2. The third kappa shape index (κ3) is 11.2. The van der Waals surface area contributed by atoms with Gasteiger partial charge in [-0.15, -0.1) is 0 Å². The molecule has 0 saturated carbocycles. The van der Waals surface area contributed by atoms with Crippen LogP contribution in [-0.2, 0) is 62.1 Å². The summed E-state index contributed by atoms with van der Waals surface area (Å²) in [5, 5.41) is 3.10. The van der Waals surface area contributed by atoms with Crippen molar-refractivity contribution in [3.63, 3.8) is 0 Å². The summed E-state index contributed by atoms with van der Waals surface area (Å²) in [6.45, 7) is 7.80. The highest BCUT2D eigenvalue weighted by Gasteiger charge is 2.43. The Morgan fingerprint density at radius 1 is 0.917 bits per heavy atom. The van der Waals surface area contributed by atoms with E-state index in [1.807, 2.05) is 27.7 Å². The number of carbonyl (C=O) groups is 3. The van der Waals surface area contributed by atoms with Gasteiger partial charge in [-0.05, 0) is 85.7 Å². The lowest BCUT2D eigenvalue weighted by Gasteiger charge is -2.27. The van der Waals surface area contributed by atoms with Crippen LogP contribution < -0.4 is 14.8 Å². The number of aliphatic imine (C=N–C) groups is 1. The van der Waals surface area contributed by atoms with E-state index in [4.69, 9.17) is 16.6 Å². The Labute approximate surface area is 354 Å². The van der Waals surface area contributed by atoms with Crippen molar-refractivity contribution in [2.24, 2.45) is 4.99 Å². The van der Waals surface area contributed by atoms with Crippen LogP contribution in [0.5, 0.6) is 0 Å². The number of amides is 3. The maximum absolute atomic E-state index is 13.1. The minimum atomic E-state index is -4.57. The van der Waals surface area contributed by atoms with Gasteiger partial charge in [0.1, 0.15) is 6.20 Å². The number of benzene rings is 1. The first-order valence-electron chi connectivity index (χ1n) is 18.8. The van der Waals surface area contributed by atoms with Crippen molar-refractivity contribution in [2.75, 3.05) is 36.0 Å². The molecule has 0 saturated heterocycles. The Morgan fingerprint density at radius 3 is 2.23 bits per heavy atom. The third-order valence-corrected chi connectivity index (χ3v) is 13.1. The molecule has 3 N–H and O–H groups in total. The van der Waals surface area contributed by atoms with E-state index in [1.54, 1.807) is 46.0 Å². The van der Waals surface area contributed by atoms with Crippen LogP contribution >= 0.6 is 11.6 Å². The lowest BCUT2D eigenvalue weighted by Crippen LogP contribution is -2.38. The van der Waals surface area contributed by atoms with Crippen molar-refractivity contribution in [1.82, 2.24) is 10.2 Å². The average molecular weight is 908 g/mol. The fourth-order valence-electron chi connectivity index (χ4n) is 7.27. The molecule has 3 aliphatic rings. The zero-order chi connectivity index (χ0) is 44.4. The number of hydrogen-bond acceptors (Lipinski definition) is 12. The number of halogens is 1. The molecule has 3 amide bonds. The van der Waals surface area contributed by atoms with Crippen molar-refractivity contribution < 1.29 is 57.9 Å². The second-order valence-corrected chi connectivity index (χ2v) is 20.5. The molecule has 3 aliphatic heterocycles. The van der Waals surface area contributed by atoms with Gasteiger partial charge in [0, 0.05) is 60.8 Å². The Morgan fingerprint density at radius 2 is 1.60 bits per heavy atom. The maximum Gasteiger partial charge on any atom is 0.327 e. The van der Waals surface area contributed by atoms with Gasteiger partial charge in [0.15, 0.2) is 5.71 Å². The van der Waals surface area contributed by atoms with E-state index in [-0.39, 0.29) is 62.7 Å². The Kier molecular flexibility index (Phi) is 13.8. The molecular weight excluding hydrogens is 862 g/mol. The molecule has 5 rings (SSSR count). The molecule has 0 aliphatic carbocycles. The number of carbonyl (C=O) groups excluding carboxylic acids is 3. The van der Waals surface area contributed by atoms with Crippen molar-refractivity contribution in [2.45, 2.75) is 75.6 Å². The number of allylic oxidation sites excluding steroid dienone is 6. The molecule has 0 unspecified atom stereocenters. The number of aryl methyl sites for hydroxylation is 1. The summed E-state index contributed by atoms with van der Waals surface area (Å²) in [4.78, 5) is 44.3. The van der Waals surface area contributed by atoms with Gasteiger partial charge < -0.3 is 14.8 Å². The summed E-state index contributed by atoms with van der Waals surface area (Å²) >= 11 is 6.46. The zero-order valence-corrected chi connectivity index (χ0v) is 36.5. The number of nitrogens with one attached hydrogen (secondary N) is 1. The maximum atomic E-state index is 13.1. The monoisotopic (exact) mass is 907 g/mol. The summed E-state index contributed by atoms with van der Waals surface area (Å²) < 4.78 is 102. The quantitative estimate of drug-likeness (QED) is 0.0840. The van der Waals surface area contributed by atoms with E-state index in [1.165, 1.54) is 18.2 Å². The van der Waals surface area contributed by atoms with Gasteiger partial charge in [-0.3, -0.25) is 28.4 Å². The van der Waals surface area contributed by atoms with Gasteiger partial charge in [-0.25, -0.2) is 13.0 Å². The van der Waals surface area contributed by atoms with E-state index in [0.717, 1.165) is 22.6 Å². The smallest absolute Gasteiger partial charge is 0.327 e. The SMILES string of the molecule is CC1(C)C(/C=C/C(=C\C=C2\N(CCCS(=O)(=O)O)c3ccc(S(=O)(=O)O)cc3C2(C)C)CCC(=O)NCCN2C(=O)C=CC2=O)=Nc2c1cc(Cl)c[n+]2CCCS(=O)(=O)[O-]. The summed E-state index contributed by atoms with van der Waals surface area (Å²) in [7, 11) is -13.3. The van der Waals surface area contributed by atoms with Crippen molar-refractivity contribution >= 4 is 76.9 Å². The summed E-state index contributed by atoms with van der Waals surface area (Å²) in [5.74, 6) is -1.88. The fourth-order valence-corrected chi connectivity index (χ4v) is 8.98. The number of hydrogen-bond donors (Lipinski definition) is 3. The molecule has 1 aromatic carbocycles. The number of aromatic nitrogens is 1. The molecule has 0 atom stereocenters. The molecule has 21 heteroatoms. The molecule has 17 nitrogen and oxygen atoms in total. The molecule has 60 heavy (non-hydrogen) atoms. The van der Waals surface area contributed by atoms with E-state index < -0.39 is 64.5 Å². The summed E-state index contributed by atoms with van der Waals surface area (Å²) in [5.41, 5.74) is 2.09. The van der Waals surface area contributed by atoms with Crippen LogP contribution in [0.1, 0.15) is 64.5 Å². The van der Waals surface area contributed by atoms with Crippen molar-refractivity contribution in [1.29, 1.82) is 0 Å².